The molecule has 3 aromatic heterocycles. The van der Waals surface area contributed by atoms with Gasteiger partial charge in [0.05, 0.1) is 0 Å². The summed E-state index contributed by atoms with van der Waals surface area (Å²) < 4.78 is 0. The first-order valence-electron chi connectivity index (χ1n) is 6.60. The highest BCUT2D eigenvalue weighted by molar-refractivity contribution is 7.10. The fourth-order valence-electron chi connectivity index (χ4n) is 2.13. The molecule has 0 saturated carbocycles. The Labute approximate surface area is 127 Å². The lowest BCUT2D eigenvalue weighted by atomic mass is 10.1. The van der Waals surface area contributed by atoms with Crippen molar-refractivity contribution in [2.75, 3.05) is 0 Å². The number of thiophene rings is 2. The second-order valence-electron chi connectivity index (χ2n) is 4.59. The summed E-state index contributed by atoms with van der Waals surface area (Å²) in [6.45, 7) is 0.871. The topological polar surface area (TPSA) is 24.9 Å². The van der Waals surface area contributed by atoms with Crippen LogP contribution in [0.25, 0.3) is 0 Å². The first-order valence-corrected chi connectivity index (χ1v) is 8.36. The van der Waals surface area contributed by atoms with Crippen molar-refractivity contribution in [3.05, 3.63) is 74.9 Å². The predicted octanol–water partition coefficient (Wildman–Crippen LogP) is 4.28. The van der Waals surface area contributed by atoms with Crippen LogP contribution < -0.4 is 5.32 Å². The van der Waals surface area contributed by atoms with Crippen molar-refractivity contribution in [3.63, 3.8) is 0 Å². The minimum absolute atomic E-state index is 0.377. The third kappa shape index (κ3) is 3.54. The van der Waals surface area contributed by atoms with Gasteiger partial charge in [0.25, 0.3) is 0 Å². The Bertz CT molecular complexity index is 603. The highest BCUT2D eigenvalue weighted by Crippen LogP contribution is 2.25. The normalized spacial score (nSPS) is 12.4. The number of hydrogen-bond donors (Lipinski definition) is 1. The lowest BCUT2D eigenvalue weighted by Gasteiger charge is -2.17. The Hall–Kier alpha value is -1.49. The maximum absolute atomic E-state index is 4.06. The molecule has 0 aliphatic rings. The first kappa shape index (κ1) is 13.5. The molecule has 3 aromatic rings. The molecular formula is C16H16N2S2. The van der Waals surface area contributed by atoms with Gasteiger partial charge < -0.3 is 5.32 Å². The number of hydrogen-bond acceptors (Lipinski definition) is 4. The number of pyridine rings is 1. The van der Waals surface area contributed by atoms with Crippen molar-refractivity contribution in [2.24, 2.45) is 0 Å². The molecular weight excluding hydrogens is 284 g/mol. The first-order chi connectivity index (χ1) is 9.92. The molecule has 0 aromatic carbocycles. The standard InChI is InChI=1S/C16H16N2S2/c1-3-14(19-9-1)11-15(16-4-2-10-20-16)18-12-13-5-7-17-8-6-13/h1-10,15,18H,11-12H2. The Morgan fingerprint density at radius 2 is 1.80 bits per heavy atom. The van der Waals surface area contributed by atoms with E-state index in [0.29, 0.717) is 6.04 Å². The van der Waals surface area contributed by atoms with Gasteiger partial charge in [-0.1, -0.05) is 12.1 Å². The van der Waals surface area contributed by atoms with E-state index in [0.717, 1.165) is 13.0 Å². The van der Waals surface area contributed by atoms with Gasteiger partial charge >= 0.3 is 0 Å². The molecule has 20 heavy (non-hydrogen) atoms. The van der Waals surface area contributed by atoms with Crippen molar-refractivity contribution in [3.8, 4) is 0 Å². The van der Waals surface area contributed by atoms with Crippen LogP contribution in [0, 0.1) is 0 Å². The summed E-state index contributed by atoms with van der Waals surface area (Å²) in [5.74, 6) is 0. The van der Waals surface area contributed by atoms with Crippen LogP contribution in [0.3, 0.4) is 0 Å². The molecule has 0 aliphatic carbocycles. The van der Waals surface area contributed by atoms with Gasteiger partial charge in [-0.05, 0) is 40.6 Å². The van der Waals surface area contributed by atoms with Crippen molar-refractivity contribution in [2.45, 2.75) is 19.0 Å². The van der Waals surface area contributed by atoms with Gasteiger partial charge in [0, 0.05) is 41.2 Å². The quantitative estimate of drug-likeness (QED) is 0.735. The maximum atomic E-state index is 4.06. The average molecular weight is 300 g/mol. The predicted molar refractivity (Wildman–Crippen MR) is 86.2 cm³/mol. The molecule has 0 fully saturated rings. The van der Waals surface area contributed by atoms with E-state index in [4.69, 9.17) is 0 Å². The number of aromatic nitrogens is 1. The van der Waals surface area contributed by atoms with Gasteiger partial charge in [0.1, 0.15) is 0 Å². The molecule has 0 spiro atoms. The molecule has 102 valence electrons. The molecule has 3 heterocycles. The smallest absolute Gasteiger partial charge is 0.0466 e. The summed E-state index contributed by atoms with van der Waals surface area (Å²) in [6, 6.07) is 13.2. The van der Waals surface area contributed by atoms with Crippen LogP contribution >= 0.6 is 22.7 Å². The zero-order chi connectivity index (χ0) is 13.6. The van der Waals surface area contributed by atoms with Crippen molar-refractivity contribution in [1.82, 2.24) is 10.3 Å². The molecule has 3 rings (SSSR count). The molecule has 1 N–H and O–H groups in total. The van der Waals surface area contributed by atoms with Gasteiger partial charge in [-0.25, -0.2) is 0 Å². The van der Waals surface area contributed by atoms with Crippen LogP contribution in [0.5, 0.6) is 0 Å². The highest BCUT2D eigenvalue weighted by atomic mass is 32.1. The van der Waals surface area contributed by atoms with E-state index in [1.54, 1.807) is 0 Å². The average Bonchev–Trinajstić information content (AvgIpc) is 3.17. The second-order valence-corrected chi connectivity index (χ2v) is 6.60. The summed E-state index contributed by atoms with van der Waals surface area (Å²) in [6.07, 6.45) is 4.73. The van der Waals surface area contributed by atoms with Crippen molar-refractivity contribution < 1.29 is 0 Å². The Morgan fingerprint density at radius 3 is 2.50 bits per heavy atom. The van der Waals surface area contributed by atoms with Crippen LogP contribution in [-0.4, -0.2) is 4.98 Å². The van der Waals surface area contributed by atoms with E-state index in [-0.39, 0.29) is 0 Å². The Kier molecular flexibility index (Phi) is 4.58. The van der Waals surface area contributed by atoms with Crippen LogP contribution in [0.4, 0.5) is 0 Å². The maximum Gasteiger partial charge on any atom is 0.0466 e. The summed E-state index contributed by atoms with van der Waals surface area (Å²) in [4.78, 5) is 6.88. The van der Waals surface area contributed by atoms with Crippen LogP contribution in [0.15, 0.2) is 59.6 Å². The van der Waals surface area contributed by atoms with E-state index >= 15 is 0 Å². The Balaban J connectivity index is 1.69. The lowest BCUT2D eigenvalue weighted by Crippen LogP contribution is -2.21. The van der Waals surface area contributed by atoms with Gasteiger partial charge in [0.2, 0.25) is 0 Å². The third-order valence-electron chi connectivity index (χ3n) is 3.17. The molecule has 0 amide bonds. The number of nitrogens with zero attached hydrogens (tertiary/aromatic N) is 1. The summed E-state index contributed by atoms with van der Waals surface area (Å²) >= 11 is 3.64. The van der Waals surface area contributed by atoms with Gasteiger partial charge in [-0.2, -0.15) is 0 Å². The van der Waals surface area contributed by atoms with E-state index in [1.807, 2.05) is 35.1 Å². The third-order valence-corrected chi connectivity index (χ3v) is 5.06. The minimum atomic E-state index is 0.377. The van der Waals surface area contributed by atoms with Crippen molar-refractivity contribution in [1.29, 1.82) is 0 Å². The highest BCUT2D eigenvalue weighted by Gasteiger charge is 2.13. The largest absolute Gasteiger partial charge is 0.305 e. The Morgan fingerprint density at radius 1 is 1.00 bits per heavy atom. The zero-order valence-corrected chi connectivity index (χ0v) is 12.7. The zero-order valence-electron chi connectivity index (χ0n) is 11.0. The molecule has 4 heteroatoms. The summed E-state index contributed by atoms with van der Waals surface area (Å²) in [7, 11) is 0. The lowest BCUT2D eigenvalue weighted by molar-refractivity contribution is 0.541. The molecule has 1 atom stereocenters. The molecule has 0 bridgehead atoms. The van der Waals surface area contributed by atoms with E-state index in [2.05, 4.69) is 57.5 Å². The van der Waals surface area contributed by atoms with E-state index in [9.17, 15) is 0 Å². The molecule has 1 unspecified atom stereocenters. The van der Waals surface area contributed by atoms with Gasteiger partial charge in [0.15, 0.2) is 0 Å². The monoisotopic (exact) mass is 300 g/mol. The summed E-state index contributed by atoms with van der Waals surface area (Å²) in [5, 5.41) is 7.95. The fourth-order valence-corrected chi connectivity index (χ4v) is 3.69. The molecule has 0 aliphatic heterocycles. The molecule has 2 nitrogen and oxygen atoms in total. The fraction of sp³-hybridized carbons (Fsp3) is 0.188. The minimum Gasteiger partial charge on any atom is -0.305 e. The second kappa shape index (κ2) is 6.79. The SMILES string of the molecule is c1csc(CC(NCc2ccncc2)c2cccs2)c1. The van der Waals surface area contributed by atoms with Crippen LogP contribution in [0.2, 0.25) is 0 Å². The van der Waals surface area contributed by atoms with E-state index in [1.165, 1.54) is 15.3 Å². The molecule has 0 radical (unpaired) electrons. The van der Waals surface area contributed by atoms with Crippen LogP contribution in [-0.2, 0) is 13.0 Å². The number of rotatable bonds is 6. The number of nitrogens with one attached hydrogen (secondary N) is 1. The summed E-state index contributed by atoms with van der Waals surface area (Å²) in [5.41, 5.74) is 1.27. The van der Waals surface area contributed by atoms with Crippen LogP contribution in [0.1, 0.15) is 21.4 Å². The van der Waals surface area contributed by atoms with Crippen molar-refractivity contribution >= 4 is 22.7 Å². The van der Waals surface area contributed by atoms with Gasteiger partial charge in [-0.15, -0.1) is 22.7 Å². The van der Waals surface area contributed by atoms with Gasteiger partial charge in [-0.3, -0.25) is 4.98 Å². The van der Waals surface area contributed by atoms with E-state index < -0.39 is 0 Å². The molecule has 0 saturated heterocycles.